The van der Waals surface area contributed by atoms with E-state index in [0.717, 1.165) is 38.7 Å². The number of halogens is 1. The number of hydrogen-bond donors (Lipinski definition) is 1. The maximum Gasteiger partial charge on any atom is 0.410 e. The van der Waals surface area contributed by atoms with Gasteiger partial charge in [-0.3, -0.25) is 4.99 Å². The highest BCUT2D eigenvalue weighted by atomic mass is 127. The lowest BCUT2D eigenvalue weighted by molar-refractivity contribution is 0.0279. The Bertz CT molecular complexity index is 462. The van der Waals surface area contributed by atoms with Crippen molar-refractivity contribution in [3.8, 4) is 0 Å². The van der Waals surface area contributed by atoms with E-state index >= 15 is 0 Å². The molecule has 0 aromatic heterocycles. The number of hydrogen-bond acceptors (Lipinski definition) is 4. The Kier molecular flexibility index (Phi) is 12.3. The van der Waals surface area contributed by atoms with Crippen LogP contribution in [0.5, 0.6) is 0 Å². The van der Waals surface area contributed by atoms with E-state index in [-0.39, 0.29) is 36.0 Å². The molecular weight excluding hydrogens is 459 g/mol. The number of nitrogens with one attached hydrogen (secondary N) is 1. The van der Waals surface area contributed by atoms with Gasteiger partial charge in [0.15, 0.2) is 5.96 Å². The van der Waals surface area contributed by atoms with Gasteiger partial charge in [-0.05, 0) is 40.0 Å². The standard InChI is InChI=1S/C19H38N4O3.HI/c1-8-20-17(22(6)13-16-9-10-25-14-16)21-11-15(2)12-23(7)18(24)26-19(3,4)5;/h15-16H,8-14H2,1-7H3,(H,20,21);1H. The Labute approximate surface area is 182 Å². The number of carbonyl (C=O) groups is 1. The topological polar surface area (TPSA) is 66.4 Å². The van der Waals surface area contributed by atoms with E-state index in [1.807, 2.05) is 20.8 Å². The van der Waals surface area contributed by atoms with Crippen molar-refractivity contribution in [2.24, 2.45) is 16.8 Å². The molecule has 1 amide bonds. The second kappa shape index (κ2) is 12.6. The van der Waals surface area contributed by atoms with Gasteiger partial charge < -0.3 is 24.6 Å². The van der Waals surface area contributed by atoms with Crippen LogP contribution in [0.25, 0.3) is 0 Å². The Morgan fingerprint density at radius 1 is 1.33 bits per heavy atom. The van der Waals surface area contributed by atoms with Crippen LogP contribution in [0.2, 0.25) is 0 Å². The van der Waals surface area contributed by atoms with Gasteiger partial charge in [0, 0.05) is 52.8 Å². The second-order valence-electron chi connectivity index (χ2n) is 8.27. The van der Waals surface area contributed by atoms with Gasteiger partial charge in [-0.1, -0.05) is 6.92 Å². The van der Waals surface area contributed by atoms with Crippen molar-refractivity contribution >= 4 is 36.0 Å². The zero-order valence-corrected chi connectivity index (χ0v) is 20.4. The van der Waals surface area contributed by atoms with Gasteiger partial charge >= 0.3 is 6.09 Å². The predicted molar refractivity (Wildman–Crippen MR) is 121 cm³/mol. The molecule has 0 aromatic carbocycles. The quantitative estimate of drug-likeness (QED) is 0.332. The molecule has 1 heterocycles. The third kappa shape index (κ3) is 11.0. The summed E-state index contributed by atoms with van der Waals surface area (Å²) >= 11 is 0. The molecule has 2 unspecified atom stereocenters. The Morgan fingerprint density at radius 3 is 2.52 bits per heavy atom. The van der Waals surface area contributed by atoms with Crippen LogP contribution < -0.4 is 5.32 Å². The van der Waals surface area contributed by atoms with Crippen LogP contribution in [0, 0.1) is 11.8 Å². The average Bonchev–Trinajstić information content (AvgIpc) is 3.02. The minimum Gasteiger partial charge on any atom is -0.444 e. The molecule has 1 fully saturated rings. The lowest BCUT2D eigenvalue weighted by Gasteiger charge is -2.27. The first-order chi connectivity index (χ1) is 12.1. The first kappa shape index (κ1) is 26.2. The molecule has 160 valence electrons. The summed E-state index contributed by atoms with van der Waals surface area (Å²) in [7, 11) is 3.84. The number of rotatable bonds is 7. The Morgan fingerprint density at radius 2 is 2.00 bits per heavy atom. The smallest absolute Gasteiger partial charge is 0.410 e. The molecule has 27 heavy (non-hydrogen) atoms. The summed E-state index contributed by atoms with van der Waals surface area (Å²) in [6.45, 7) is 14.5. The first-order valence-corrected chi connectivity index (χ1v) is 9.63. The molecule has 1 rings (SSSR count). The Hall–Kier alpha value is -0.770. The van der Waals surface area contributed by atoms with Crippen LogP contribution in [0.1, 0.15) is 41.0 Å². The van der Waals surface area contributed by atoms with Gasteiger partial charge in [0.1, 0.15) is 5.60 Å². The van der Waals surface area contributed by atoms with Gasteiger partial charge in [-0.25, -0.2) is 4.79 Å². The molecule has 1 saturated heterocycles. The SMILES string of the molecule is CCNC(=NCC(C)CN(C)C(=O)OC(C)(C)C)N(C)CC1CCOC1.I. The fourth-order valence-electron chi connectivity index (χ4n) is 2.85. The highest BCUT2D eigenvalue weighted by Gasteiger charge is 2.21. The monoisotopic (exact) mass is 498 g/mol. The number of carbonyl (C=O) groups excluding carboxylic acids is 1. The fraction of sp³-hybridized carbons (Fsp3) is 0.895. The molecule has 0 saturated carbocycles. The summed E-state index contributed by atoms with van der Waals surface area (Å²) in [5.74, 6) is 1.72. The maximum absolute atomic E-state index is 12.1. The van der Waals surface area contributed by atoms with Crippen LogP contribution in [0.15, 0.2) is 4.99 Å². The maximum atomic E-state index is 12.1. The number of guanidine groups is 1. The Balaban J connectivity index is 0.00000676. The third-order valence-corrected chi connectivity index (χ3v) is 4.10. The average molecular weight is 498 g/mol. The second-order valence-corrected chi connectivity index (χ2v) is 8.27. The molecule has 8 heteroatoms. The molecule has 1 N–H and O–H groups in total. The zero-order valence-electron chi connectivity index (χ0n) is 18.1. The van der Waals surface area contributed by atoms with Crippen molar-refractivity contribution in [1.82, 2.24) is 15.1 Å². The normalized spacial score (nSPS) is 18.5. The highest BCUT2D eigenvalue weighted by Crippen LogP contribution is 2.13. The van der Waals surface area contributed by atoms with E-state index in [1.165, 1.54) is 0 Å². The van der Waals surface area contributed by atoms with Crippen LogP contribution in [-0.2, 0) is 9.47 Å². The van der Waals surface area contributed by atoms with E-state index in [2.05, 4.69) is 31.1 Å². The number of nitrogens with zero attached hydrogens (tertiary/aromatic N) is 3. The van der Waals surface area contributed by atoms with Crippen molar-refractivity contribution in [2.75, 3.05) is 53.5 Å². The minimum absolute atomic E-state index is 0. The molecule has 0 aromatic rings. The molecule has 0 aliphatic carbocycles. The third-order valence-electron chi connectivity index (χ3n) is 4.10. The van der Waals surface area contributed by atoms with Gasteiger partial charge in [-0.15, -0.1) is 24.0 Å². The molecular formula is C19H39IN4O3. The van der Waals surface area contributed by atoms with Gasteiger partial charge in [0.05, 0.1) is 6.61 Å². The summed E-state index contributed by atoms with van der Waals surface area (Å²) in [6.07, 6.45) is 0.819. The summed E-state index contributed by atoms with van der Waals surface area (Å²) in [6, 6.07) is 0. The predicted octanol–water partition coefficient (Wildman–Crippen LogP) is 3.04. The minimum atomic E-state index is -0.475. The van der Waals surface area contributed by atoms with Crippen molar-refractivity contribution in [1.29, 1.82) is 0 Å². The van der Waals surface area contributed by atoms with Crippen molar-refractivity contribution < 1.29 is 14.3 Å². The molecule has 7 nitrogen and oxygen atoms in total. The number of ether oxygens (including phenoxy) is 2. The summed E-state index contributed by atoms with van der Waals surface area (Å²) in [5, 5.41) is 3.35. The van der Waals surface area contributed by atoms with Crippen LogP contribution in [0.4, 0.5) is 4.79 Å². The molecule has 1 aliphatic rings. The summed E-state index contributed by atoms with van der Waals surface area (Å²) < 4.78 is 10.9. The molecule has 0 bridgehead atoms. The molecule has 2 atom stereocenters. The summed E-state index contributed by atoms with van der Waals surface area (Å²) in [4.78, 5) is 20.6. The molecule has 0 spiro atoms. The molecule has 0 radical (unpaired) electrons. The lowest BCUT2D eigenvalue weighted by atomic mass is 10.1. The summed E-state index contributed by atoms with van der Waals surface area (Å²) in [5.41, 5.74) is -0.475. The van der Waals surface area contributed by atoms with Crippen molar-refractivity contribution in [3.63, 3.8) is 0 Å². The van der Waals surface area contributed by atoms with Gasteiger partial charge in [-0.2, -0.15) is 0 Å². The van der Waals surface area contributed by atoms with Crippen LogP contribution in [-0.4, -0.2) is 80.9 Å². The van der Waals surface area contributed by atoms with E-state index in [1.54, 1.807) is 11.9 Å². The number of aliphatic imine (C=N–C) groups is 1. The lowest BCUT2D eigenvalue weighted by Crippen LogP contribution is -2.42. The zero-order chi connectivity index (χ0) is 19.7. The highest BCUT2D eigenvalue weighted by molar-refractivity contribution is 14.0. The largest absolute Gasteiger partial charge is 0.444 e. The van der Waals surface area contributed by atoms with E-state index in [4.69, 9.17) is 14.5 Å². The van der Waals surface area contributed by atoms with Gasteiger partial charge in [0.2, 0.25) is 0 Å². The van der Waals surface area contributed by atoms with E-state index in [0.29, 0.717) is 19.0 Å². The first-order valence-electron chi connectivity index (χ1n) is 9.63. The fourth-order valence-corrected chi connectivity index (χ4v) is 2.85. The van der Waals surface area contributed by atoms with Crippen LogP contribution >= 0.6 is 24.0 Å². The molecule has 1 aliphatic heterocycles. The number of amides is 1. The van der Waals surface area contributed by atoms with E-state index < -0.39 is 5.60 Å². The van der Waals surface area contributed by atoms with Crippen molar-refractivity contribution in [3.05, 3.63) is 0 Å². The van der Waals surface area contributed by atoms with Gasteiger partial charge in [0.25, 0.3) is 0 Å². The van der Waals surface area contributed by atoms with E-state index in [9.17, 15) is 4.79 Å². The van der Waals surface area contributed by atoms with Crippen LogP contribution in [0.3, 0.4) is 0 Å². The van der Waals surface area contributed by atoms with Crippen molar-refractivity contribution in [2.45, 2.75) is 46.6 Å².